The topological polar surface area (TPSA) is 0 Å². The summed E-state index contributed by atoms with van der Waals surface area (Å²) in [5.41, 5.74) is 21.0. The first-order valence-electron chi connectivity index (χ1n) is 23.3. The summed E-state index contributed by atoms with van der Waals surface area (Å²) in [6.07, 6.45) is 11.2. The van der Waals surface area contributed by atoms with Crippen molar-refractivity contribution in [2.24, 2.45) is 0 Å². The van der Waals surface area contributed by atoms with Crippen molar-refractivity contribution in [3.8, 4) is 0 Å². The van der Waals surface area contributed by atoms with Crippen LogP contribution in [0.1, 0.15) is 132 Å². The third-order valence-electron chi connectivity index (χ3n) is 12.5. The maximum atomic E-state index is 2.40. The van der Waals surface area contributed by atoms with Crippen LogP contribution in [0.2, 0.25) is 0 Å². The van der Waals surface area contributed by atoms with Gasteiger partial charge in [-0.2, -0.15) is 0 Å². The van der Waals surface area contributed by atoms with Gasteiger partial charge in [0.2, 0.25) is 0 Å². The van der Waals surface area contributed by atoms with Crippen molar-refractivity contribution >= 4 is 12.2 Å². The number of rotatable bonds is 8. The summed E-state index contributed by atoms with van der Waals surface area (Å²) in [7, 11) is 0. The fourth-order valence-corrected chi connectivity index (χ4v) is 10.1. The molecule has 0 fully saturated rings. The average molecular weight is 865 g/mol. The summed E-state index contributed by atoms with van der Waals surface area (Å²) in [5.74, 6) is 0. The maximum Gasteiger partial charge on any atom is 0.0643 e. The van der Waals surface area contributed by atoms with Gasteiger partial charge in [-0.05, 0) is 107 Å². The minimum atomic E-state index is -0.257. The first-order chi connectivity index (χ1) is 31.3. The Morgan fingerprint density at radius 1 is 0.318 bits per heavy atom. The van der Waals surface area contributed by atoms with E-state index in [2.05, 4.69) is 246 Å². The number of hydrogen-bond acceptors (Lipinski definition) is 0. The standard InChI is InChI=1S/2C30H26.2C2H6.2CH4/c1-22-18-23(2)20-24(19-22)21-26-11-7-9-15-29(26)30(27-12-4-3-5-13-27)17-16-25-10-6-8-14-28(25)30;1-22-18-23(2)20-25(19-22)21-24-12-14-28(15-13-24)30(27-9-4-3-5-10-27)17-16-26-8-6-7-11-29(26)30;2*1-2;;/h2*3-20H,21H2,1-2H3;2*1-2H3;2*1H4. The van der Waals surface area contributed by atoms with Gasteiger partial charge in [0.05, 0.1) is 10.8 Å². The number of hydrogen-bond donors (Lipinski definition) is 0. The minimum Gasteiger partial charge on any atom is -0.0776 e. The number of aryl methyl sites for hydroxylation is 4. The Balaban J connectivity index is 0.000000224. The molecule has 0 amide bonds. The molecule has 10 rings (SSSR count). The zero-order valence-corrected chi connectivity index (χ0v) is 39.2. The van der Waals surface area contributed by atoms with Gasteiger partial charge in [-0.15, -0.1) is 0 Å². The highest BCUT2D eigenvalue weighted by atomic mass is 14.4. The Bertz CT molecular complexity index is 2800. The molecular weight excluding hydrogens is 793 g/mol. The molecule has 0 heterocycles. The van der Waals surface area contributed by atoms with E-state index in [1.807, 2.05) is 27.7 Å². The van der Waals surface area contributed by atoms with Crippen LogP contribution in [0.5, 0.6) is 0 Å². The maximum absolute atomic E-state index is 2.40. The molecule has 66 heavy (non-hydrogen) atoms. The van der Waals surface area contributed by atoms with Gasteiger partial charge < -0.3 is 0 Å². The van der Waals surface area contributed by atoms with Crippen molar-refractivity contribution in [2.45, 2.75) is 93.9 Å². The third kappa shape index (κ3) is 10.4. The lowest BCUT2D eigenvalue weighted by atomic mass is 9.69. The highest BCUT2D eigenvalue weighted by molar-refractivity contribution is 5.75. The van der Waals surface area contributed by atoms with Crippen LogP contribution in [0.4, 0.5) is 0 Å². The molecule has 8 aromatic rings. The normalized spacial score (nSPS) is 15.8. The van der Waals surface area contributed by atoms with Crippen LogP contribution in [0.25, 0.3) is 12.2 Å². The Hall–Kier alpha value is -6.76. The molecule has 8 aromatic carbocycles. The Morgan fingerprint density at radius 2 is 0.682 bits per heavy atom. The van der Waals surface area contributed by atoms with Gasteiger partial charge in [0.25, 0.3) is 0 Å². The molecule has 2 aliphatic rings. The van der Waals surface area contributed by atoms with E-state index in [-0.39, 0.29) is 25.7 Å². The fourth-order valence-electron chi connectivity index (χ4n) is 10.1. The second kappa shape index (κ2) is 22.9. The molecule has 0 N–H and O–H groups in total. The largest absolute Gasteiger partial charge is 0.0776 e. The summed E-state index contributed by atoms with van der Waals surface area (Å²) in [6, 6.07) is 71.3. The molecule has 0 spiro atoms. The van der Waals surface area contributed by atoms with E-state index in [1.165, 1.54) is 89.0 Å². The SMILES string of the molecule is C.C.CC.CC.Cc1cc(C)cc(Cc2ccc(C3(c4ccccc4)C=Cc4ccccc43)cc2)c1.Cc1cc(C)cc(Cc2ccccc2C2(c3ccccc3)C=Cc3ccccc32)c1. The molecule has 0 saturated heterocycles. The lowest BCUT2D eigenvalue weighted by Crippen LogP contribution is -2.27. The number of benzene rings is 8. The summed E-state index contributed by atoms with van der Waals surface area (Å²) >= 11 is 0. The first kappa shape index (κ1) is 50.2. The van der Waals surface area contributed by atoms with Crippen molar-refractivity contribution in [2.75, 3.05) is 0 Å². The van der Waals surface area contributed by atoms with E-state index in [0.717, 1.165) is 12.8 Å². The molecule has 0 nitrogen and oxygen atoms in total. The van der Waals surface area contributed by atoms with Crippen LogP contribution in [-0.4, -0.2) is 0 Å². The molecule has 336 valence electrons. The zero-order valence-electron chi connectivity index (χ0n) is 39.2. The molecule has 2 aliphatic carbocycles. The predicted octanol–water partition coefficient (Wildman–Crippen LogP) is 17.8. The van der Waals surface area contributed by atoms with Crippen molar-refractivity contribution in [1.82, 2.24) is 0 Å². The van der Waals surface area contributed by atoms with Gasteiger partial charge in [-0.3, -0.25) is 0 Å². The third-order valence-corrected chi connectivity index (χ3v) is 12.5. The van der Waals surface area contributed by atoms with Crippen molar-refractivity contribution in [3.63, 3.8) is 0 Å². The quantitative estimate of drug-likeness (QED) is 0.143. The summed E-state index contributed by atoms with van der Waals surface area (Å²) in [5, 5.41) is 0. The molecule has 2 atom stereocenters. The van der Waals surface area contributed by atoms with Crippen molar-refractivity contribution < 1.29 is 0 Å². The van der Waals surface area contributed by atoms with Crippen LogP contribution in [0.3, 0.4) is 0 Å². The summed E-state index contributed by atoms with van der Waals surface area (Å²) < 4.78 is 0. The average Bonchev–Trinajstić information content (AvgIpc) is 3.92. The van der Waals surface area contributed by atoms with E-state index in [4.69, 9.17) is 0 Å². The number of allylic oxidation sites excluding steroid dienone is 2. The van der Waals surface area contributed by atoms with Crippen LogP contribution in [0.15, 0.2) is 206 Å². The lowest BCUT2D eigenvalue weighted by Gasteiger charge is -2.33. The molecule has 0 heteroatoms. The first-order valence-corrected chi connectivity index (χ1v) is 23.3. The Morgan fingerprint density at radius 3 is 1.18 bits per heavy atom. The second-order valence-electron chi connectivity index (χ2n) is 16.9. The van der Waals surface area contributed by atoms with E-state index in [1.54, 1.807) is 0 Å². The van der Waals surface area contributed by atoms with Gasteiger partial charge in [-0.25, -0.2) is 0 Å². The molecule has 0 aliphatic heterocycles. The van der Waals surface area contributed by atoms with Crippen LogP contribution >= 0.6 is 0 Å². The summed E-state index contributed by atoms with van der Waals surface area (Å²) in [6.45, 7) is 16.7. The van der Waals surface area contributed by atoms with E-state index >= 15 is 0 Å². The van der Waals surface area contributed by atoms with Crippen molar-refractivity contribution in [3.05, 3.63) is 295 Å². The van der Waals surface area contributed by atoms with E-state index < -0.39 is 0 Å². The highest BCUT2D eigenvalue weighted by Crippen LogP contribution is 2.49. The molecule has 0 radical (unpaired) electrons. The molecular formula is C66H72. The smallest absolute Gasteiger partial charge is 0.0643 e. The molecule has 0 bridgehead atoms. The van der Waals surface area contributed by atoms with E-state index in [9.17, 15) is 0 Å². The monoisotopic (exact) mass is 865 g/mol. The second-order valence-corrected chi connectivity index (χ2v) is 16.9. The number of fused-ring (bicyclic) bond motifs is 2. The van der Waals surface area contributed by atoms with E-state index in [0.29, 0.717) is 0 Å². The minimum absolute atomic E-state index is 0. The van der Waals surface area contributed by atoms with Crippen LogP contribution in [0, 0.1) is 27.7 Å². The molecule has 2 unspecified atom stereocenters. The van der Waals surface area contributed by atoms with Gasteiger partial charge in [-0.1, -0.05) is 283 Å². The lowest BCUT2D eigenvalue weighted by molar-refractivity contribution is 0.780. The van der Waals surface area contributed by atoms with Gasteiger partial charge in [0.15, 0.2) is 0 Å². The Kier molecular flexibility index (Phi) is 17.4. The van der Waals surface area contributed by atoms with Gasteiger partial charge in [0.1, 0.15) is 0 Å². The zero-order chi connectivity index (χ0) is 45.1. The van der Waals surface area contributed by atoms with Gasteiger partial charge in [0, 0.05) is 0 Å². The van der Waals surface area contributed by atoms with Gasteiger partial charge >= 0.3 is 0 Å². The Labute approximate surface area is 399 Å². The summed E-state index contributed by atoms with van der Waals surface area (Å²) in [4.78, 5) is 0. The highest BCUT2D eigenvalue weighted by Gasteiger charge is 2.40. The van der Waals surface area contributed by atoms with Crippen LogP contribution in [-0.2, 0) is 23.7 Å². The predicted molar refractivity (Wildman–Crippen MR) is 290 cm³/mol. The molecule has 0 aromatic heterocycles. The van der Waals surface area contributed by atoms with Crippen LogP contribution < -0.4 is 0 Å². The van der Waals surface area contributed by atoms with Crippen molar-refractivity contribution in [1.29, 1.82) is 0 Å². The molecule has 0 saturated carbocycles. The fraction of sp³-hybridized carbons (Fsp3) is 0.212.